The normalized spacial score (nSPS) is 39.9. The molecule has 2 fully saturated rings. The second-order valence-electron chi connectivity index (χ2n) is 4.63. The van der Waals surface area contributed by atoms with Gasteiger partial charge in [-0.05, 0) is 25.7 Å². The summed E-state index contributed by atoms with van der Waals surface area (Å²) in [5, 5.41) is 3.17. The molecule has 1 heterocycles. The summed E-state index contributed by atoms with van der Waals surface area (Å²) in [5.41, 5.74) is 0.155. The molecule has 0 radical (unpaired) electrons. The van der Waals surface area contributed by atoms with Crippen molar-refractivity contribution >= 4 is 5.97 Å². The molecule has 0 bridgehead atoms. The standard InChI is InChI=1S/C11H19NO3/c1-14-8-3-5-11(6-4-8)7-12-9(11)10(13)15-2/h8-9,12H,3-7H2,1-2H3. The molecule has 1 saturated heterocycles. The van der Waals surface area contributed by atoms with Crippen LogP contribution in [0.3, 0.4) is 0 Å². The molecule has 4 heteroatoms. The topological polar surface area (TPSA) is 47.6 Å². The van der Waals surface area contributed by atoms with Crippen LogP contribution in [0.5, 0.6) is 0 Å². The number of hydrogen-bond acceptors (Lipinski definition) is 4. The number of nitrogens with one attached hydrogen (secondary N) is 1. The van der Waals surface area contributed by atoms with Crippen LogP contribution in [0.2, 0.25) is 0 Å². The summed E-state index contributed by atoms with van der Waals surface area (Å²) in [4.78, 5) is 11.5. The third-order valence-corrected chi connectivity index (χ3v) is 3.97. The Morgan fingerprint density at radius 3 is 2.40 bits per heavy atom. The third-order valence-electron chi connectivity index (χ3n) is 3.97. The summed E-state index contributed by atoms with van der Waals surface area (Å²) in [5.74, 6) is -0.114. The molecule has 2 aliphatic rings. The predicted molar refractivity (Wildman–Crippen MR) is 55.5 cm³/mol. The van der Waals surface area contributed by atoms with Gasteiger partial charge < -0.3 is 14.8 Å². The lowest BCUT2D eigenvalue weighted by atomic mass is 9.63. The van der Waals surface area contributed by atoms with Gasteiger partial charge >= 0.3 is 5.97 Å². The highest BCUT2D eigenvalue weighted by atomic mass is 16.5. The fourth-order valence-corrected chi connectivity index (χ4v) is 2.81. The molecule has 15 heavy (non-hydrogen) atoms. The maximum absolute atomic E-state index is 11.5. The van der Waals surface area contributed by atoms with Crippen molar-refractivity contribution in [2.45, 2.75) is 37.8 Å². The summed E-state index contributed by atoms with van der Waals surface area (Å²) in [6.07, 6.45) is 4.64. The van der Waals surface area contributed by atoms with E-state index < -0.39 is 0 Å². The van der Waals surface area contributed by atoms with Crippen molar-refractivity contribution in [3.05, 3.63) is 0 Å². The van der Waals surface area contributed by atoms with Crippen LogP contribution in [0.4, 0.5) is 0 Å². The Labute approximate surface area is 90.3 Å². The van der Waals surface area contributed by atoms with Crippen molar-refractivity contribution < 1.29 is 14.3 Å². The Bertz CT molecular complexity index is 246. The molecule has 1 spiro atoms. The molecule has 0 aromatic rings. The Hall–Kier alpha value is -0.610. The summed E-state index contributed by atoms with van der Waals surface area (Å²) >= 11 is 0. The molecular formula is C11H19NO3. The first kappa shape index (κ1) is 10.9. The van der Waals surface area contributed by atoms with Crippen molar-refractivity contribution in [1.29, 1.82) is 0 Å². The summed E-state index contributed by atoms with van der Waals surface area (Å²) in [6.45, 7) is 0.948. The lowest BCUT2D eigenvalue weighted by Gasteiger charge is -2.52. The Balaban J connectivity index is 1.95. The first-order chi connectivity index (χ1) is 7.22. The van der Waals surface area contributed by atoms with Gasteiger partial charge in [0.2, 0.25) is 0 Å². The minimum atomic E-state index is -0.114. The van der Waals surface area contributed by atoms with Gasteiger partial charge in [-0.1, -0.05) is 0 Å². The van der Waals surface area contributed by atoms with Gasteiger partial charge in [-0.15, -0.1) is 0 Å². The molecule has 0 amide bonds. The first-order valence-corrected chi connectivity index (χ1v) is 5.56. The molecule has 0 aromatic carbocycles. The second kappa shape index (κ2) is 4.10. The molecule has 2 rings (SSSR count). The average Bonchev–Trinajstić information content (AvgIpc) is 2.27. The zero-order chi connectivity index (χ0) is 10.9. The Morgan fingerprint density at radius 2 is 2.00 bits per heavy atom. The highest BCUT2D eigenvalue weighted by Crippen LogP contribution is 2.44. The SMILES string of the molecule is COC(=O)C1NCC12CCC(OC)CC2. The lowest BCUT2D eigenvalue weighted by molar-refractivity contribution is -0.154. The van der Waals surface area contributed by atoms with E-state index in [0.717, 1.165) is 32.2 Å². The fraction of sp³-hybridized carbons (Fsp3) is 0.909. The van der Waals surface area contributed by atoms with Gasteiger partial charge in [0.25, 0.3) is 0 Å². The fourth-order valence-electron chi connectivity index (χ4n) is 2.81. The molecule has 0 aromatic heterocycles. The van der Waals surface area contributed by atoms with Crippen molar-refractivity contribution in [3.8, 4) is 0 Å². The van der Waals surface area contributed by atoms with Gasteiger partial charge in [0.1, 0.15) is 6.04 Å². The Morgan fingerprint density at radius 1 is 1.33 bits per heavy atom. The summed E-state index contributed by atoms with van der Waals surface area (Å²) in [7, 11) is 3.22. The number of carbonyl (C=O) groups excluding carboxylic acids is 1. The van der Waals surface area contributed by atoms with Crippen LogP contribution in [0.25, 0.3) is 0 Å². The van der Waals surface area contributed by atoms with Gasteiger partial charge in [-0.25, -0.2) is 0 Å². The van der Waals surface area contributed by atoms with E-state index in [1.54, 1.807) is 7.11 Å². The van der Waals surface area contributed by atoms with Gasteiger partial charge in [-0.2, -0.15) is 0 Å². The minimum Gasteiger partial charge on any atom is -0.468 e. The number of ether oxygens (including phenoxy) is 2. The Kier molecular flexibility index (Phi) is 2.98. The van der Waals surface area contributed by atoms with E-state index in [4.69, 9.17) is 9.47 Å². The van der Waals surface area contributed by atoms with Crippen LogP contribution in [0, 0.1) is 5.41 Å². The summed E-state index contributed by atoms with van der Waals surface area (Å²) in [6, 6.07) is -0.0830. The highest BCUT2D eigenvalue weighted by molar-refractivity contribution is 5.78. The van der Waals surface area contributed by atoms with Crippen molar-refractivity contribution in [3.63, 3.8) is 0 Å². The van der Waals surface area contributed by atoms with Crippen molar-refractivity contribution in [2.24, 2.45) is 5.41 Å². The molecule has 1 N–H and O–H groups in total. The van der Waals surface area contributed by atoms with E-state index in [1.807, 2.05) is 0 Å². The smallest absolute Gasteiger partial charge is 0.323 e. The number of esters is 1. The van der Waals surface area contributed by atoms with Crippen LogP contribution < -0.4 is 5.32 Å². The molecular weight excluding hydrogens is 194 g/mol. The largest absolute Gasteiger partial charge is 0.468 e. The first-order valence-electron chi connectivity index (χ1n) is 5.56. The van der Waals surface area contributed by atoms with E-state index >= 15 is 0 Å². The van der Waals surface area contributed by atoms with E-state index in [9.17, 15) is 4.79 Å². The molecule has 1 aliphatic carbocycles. The van der Waals surface area contributed by atoms with E-state index in [1.165, 1.54) is 7.11 Å². The molecule has 1 unspecified atom stereocenters. The van der Waals surface area contributed by atoms with Gasteiger partial charge in [0.15, 0.2) is 0 Å². The minimum absolute atomic E-state index is 0.0830. The number of rotatable bonds is 2. The zero-order valence-electron chi connectivity index (χ0n) is 9.41. The third kappa shape index (κ3) is 1.76. The van der Waals surface area contributed by atoms with Crippen molar-refractivity contribution in [2.75, 3.05) is 20.8 Å². The van der Waals surface area contributed by atoms with E-state index in [2.05, 4.69) is 5.32 Å². The molecule has 86 valence electrons. The van der Waals surface area contributed by atoms with Gasteiger partial charge in [-0.3, -0.25) is 4.79 Å². The number of hydrogen-bond donors (Lipinski definition) is 1. The molecule has 1 aliphatic heterocycles. The maximum Gasteiger partial charge on any atom is 0.323 e. The van der Waals surface area contributed by atoms with Crippen LogP contribution in [0.15, 0.2) is 0 Å². The maximum atomic E-state index is 11.5. The van der Waals surface area contributed by atoms with Crippen LogP contribution >= 0.6 is 0 Å². The molecule has 1 saturated carbocycles. The summed E-state index contributed by atoms with van der Waals surface area (Å²) < 4.78 is 10.1. The molecule has 1 atom stereocenters. The predicted octanol–water partition coefficient (Wildman–Crippen LogP) is 0.707. The van der Waals surface area contributed by atoms with E-state index in [0.29, 0.717) is 6.10 Å². The average molecular weight is 213 g/mol. The lowest BCUT2D eigenvalue weighted by Crippen LogP contribution is -2.67. The second-order valence-corrected chi connectivity index (χ2v) is 4.63. The van der Waals surface area contributed by atoms with E-state index in [-0.39, 0.29) is 17.4 Å². The highest BCUT2D eigenvalue weighted by Gasteiger charge is 2.52. The van der Waals surface area contributed by atoms with Crippen LogP contribution in [-0.4, -0.2) is 38.9 Å². The zero-order valence-corrected chi connectivity index (χ0v) is 9.41. The van der Waals surface area contributed by atoms with Gasteiger partial charge in [0, 0.05) is 19.1 Å². The quantitative estimate of drug-likeness (QED) is 0.686. The van der Waals surface area contributed by atoms with Crippen molar-refractivity contribution in [1.82, 2.24) is 5.32 Å². The number of methoxy groups -OCH3 is 2. The molecule has 4 nitrogen and oxygen atoms in total. The van der Waals surface area contributed by atoms with Gasteiger partial charge in [0.05, 0.1) is 13.2 Å². The number of carbonyl (C=O) groups is 1. The van der Waals surface area contributed by atoms with Crippen LogP contribution in [0.1, 0.15) is 25.7 Å². The van der Waals surface area contributed by atoms with Crippen LogP contribution in [-0.2, 0) is 14.3 Å². The monoisotopic (exact) mass is 213 g/mol.